The number of hydrogen-bond acceptors (Lipinski definition) is 3. The summed E-state index contributed by atoms with van der Waals surface area (Å²) in [5.74, 6) is 2.10. The van der Waals surface area contributed by atoms with Crippen LogP contribution in [0.25, 0.3) is 0 Å². The molecule has 1 N–H and O–H groups in total. The van der Waals surface area contributed by atoms with Gasteiger partial charge in [0.2, 0.25) is 0 Å². The molecule has 0 aromatic carbocycles. The molecule has 0 aromatic rings. The monoisotopic (exact) mass is 268 g/mol. The molecule has 19 heavy (non-hydrogen) atoms. The van der Waals surface area contributed by atoms with Crippen LogP contribution in [0.1, 0.15) is 44.9 Å². The molecule has 0 spiro atoms. The van der Waals surface area contributed by atoms with Gasteiger partial charge in [0.1, 0.15) is 0 Å². The van der Waals surface area contributed by atoms with Gasteiger partial charge in [0.15, 0.2) is 0 Å². The zero-order valence-electron chi connectivity index (χ0n) is 12.9. The van der Waals surface area contributed by atoms with Crippen molar-refractivity contribution < 1.29 is 4.74 Å². The molecule has 0 heterocycles. The number of hydrogen-bond donors (Lipinski definition) is 1. The summed E-state index contributed by atoms with van der Waals surface area (Å²) < 4.78 is 5.11. The topological polar surface area (TPSA) is 24.5 Å². The number of nitrogens with one attached hydrogen (secondary N) is 1. The van der Waals surface area contributed by atoms with E-state index in [4.69, 9.17) is 4.74 Å². The van der Waals surface area contributed by atoms with E-state index in [0.29, 0.717) is 0 Å². The second-order valence-electron chi connectivity index (χ2n) is 6.56. The number of likely N-dealkylation sites (N-methyl/N-ethyl adjacent to an activating group) is 1. The molecule has 3 unspecified atom stereocenters. The van der Waals surface area contributed by atoms with Crippen LogP contribution < -0.4 is 5.32 Å². The lowest BCUT2D eigenvalue weighted by Gasteiger charge is -2.39. The van der Waals surface area contributed by atoms with Crippen molar-refractivity contribution in [2.45, 2.75) is 51.0 Å². The van der Waals surface area contributed by atoms with Gasteiger partial charge in [0.25, 0.3) is 0 Å². The second-order valence-corrected chi connectivity index (χ2v) is 6.56. The Bertz CT molecular complexity index is 247. The quantitative estimate of drug-likeness (QED) is 0.768. The Hall–Kier alpha value is -0.120. The van der Waals surface area contributed by atoms with Gasteiger partial charge in [-0.05, 0) is 38.1 Å². The van der Waals surface area contributed by atoms with E-state index >= 15 is 0 Å². The van der Waals surface area contributed by atoms with Crippen LogP contribution in [-0.2, 0) is 4.74 Å². The number of ether oxygens (including phenoxy) is 1. The molecule has 0 aliphatic heterocycles. The smallest absolute Gasteiger partial charge is 0.0589 e. The summed E-state index contributed by atoms with van der Waals surface area (Å²) in [5, 5.41) is 3.78. The number of nitrogens with zero attached hydrogens (tertiary/aromatic N) is 1. The highest BCUT2D eigenvalue weighted by Crippen LogP contribution is 2.40. The zero-order valence-corrected chi connectivity index (χ0v) is 12.9. The first-order valence-corrected chi connectivity index (χ1v) is 8.20. The molecule has 3 atom stereocenters. The summed E-state index contributed by atoms with van der Waals surface area (Å²) in [4.78, 5) is 2.35. The Labute approximate surface area is 119 Å². The third kappa shape index (κ3) is 5.05. The minimum Gasteiger partial charge on any atom is -0.383 e. The molecule has 2 aliphatic rings. The molecular formula is C16H32N2O. The molecule has 2 rings (SSSR count). The third-order valence-electron chi connectivity index (χ3n) is 5.14. The van der Waals surface area contributed by atoms with Crippen LogP contribution in [0.2, 0.25) is 0 Å². The molecule has 0 aromatic heterocycles. The highest BCUT2D eigenvalue weighted by molar-refractivity contribution is 4.86. The fourth-order valence-electron chi connectivity index (χ4n) is 3.88. The van der Waals surface area contributed by atoms with Crippen LogP contribution in [0, 0.1) is 11.8 Å². The highest BCUT2D eigenvalue weighted by atomic mass is 16.5. The SMILES string of the molecule is COCCN(C)CCNC1CCC2CCCCC2C1. The average Bonchev–Trinajstić information content (AvgIpc) is 2.45. The Balaban J connectivity index is 1.59. The van der Waals surface area contributed by atoms with Gasteiger partial charge < -0.3 is 15.0 Å². The van der Waals surface area contributed by atoms with Crippen molar-refractivity contribution in [1.29, 1.82) is 0 Å². The number of fused-ring (bicyclic) bond motifs is 1. The van der Waals surface area contributed by atoms with E-state index in [9.17, 15) is 0 Å². The fourth-order valence-corrected chi connectivity index (χ4v) is 3.88. The molecule has 3 nitrogen and oxygen atoms in total. The normalized spacial score (nSPS) is 31.4. The minimum absolute atomic E-state index is 0.787. The summed E-state index contributed by atoms with van der Waals surface area (Å²) in [6, 6.07) is 0.787. The van der Waals surface area contributed by atoms with Gasteiger partial charge >= 0.3 is 0 Å². The standard InChI is InChI=1S/C16H32N2O/c1-18(11-12-19-2)10-9-17-16-8-7-14-5-3-4-6-15(14)13-16/h14-17H,3-13H2,1-2H3. The Morgan fingerprint density at radius 2 is 1.84 bits per heavy atom. The summed E-state index contributed by atoms with van der Waals surface area (Å²) in [5.41, 5.74) is 0. The van der Waals surface area contributed by atoms with Gasteiger partial charge in [0, 0.05) is 32.8 Å². The molecule has 2 saturated carbocycles. The van der Waals surface area contributed by atoms with Crippen LogP contribution in [-0.4, -0.2) is 51.3 Å². The maximum atomic E-state index is 5.11. The third-order valence-corrected chi connectivity index (χ3v) is 5.14. The van der Waals surface area contributed by atoms with Crippen LogP contribution in [0.15, 0.2) is 0 Å². The molecule has 112 valence electrons. The molecular weight excluding hydrogens is 236 g/mol. The number of rotatable bonds is 7. The maximum Gasteiger partial charge on any atom is 0.0589 e. The van der Waals surface area contributed by atoms with Crippen molar-refractivity contribution in [1.82, 2.24) is 10.2 Å². The summed E-state index contributed by atoms with van der Waals surface area (Å²) in [7, 11) is 3.95. The van der Waals surface area contributed by atoms with E-state index in [-0.39, 0.29) is 0 Å². The van der Waals surface area contributed by atoms with Crippen LogP contribution >= 0.6 is 0 Å². The maximum absolute atomic E-state index is 5.11. The first-order valence-electron chi connectivity index (χ1n) is 8.20. The summed E-state index contributed by atoms with van der Waals surface area (Å²) in [6.07, 6.45) is 10.3. The van der Waals surface area contributed by atoms with Gasteiger partial charge in [-0.15, -0.1) is 0 Å². The lowest BCUT2D eigenvalue weighted by molar-refractivity contribution is 0.138. The molecule has 0 bridgehead atoms. The molecule has 3 heteroatoms. The molecule has 0 radical (unpaired) electrons. The minimum atomic E-state index is 0.787. The average molecular weight is 268 g/mol. The van der Waals surface area contributed by atoms with E-state index in [2.05, 4.69) is 17.3 Å². The first kappa shape index (κ1) is 15.3. The summed E-state index contributed by atoms with van der Waals surface area (Å²) in [6.45, 7) is 4.13. The van der Waals surface area contributed by atoms with Crippen molar-refractivity contribution >= 4 is 0 Å². The Morgan fingerprint density at radius 3 is 2.63 bits per heavy atom. The zero-order chi connectivity index (χ0) is 13.5. The predicted molar refractivity (Wildman–Crippen MR) is 80.5 cm³/mol. The Morgan fingerprint density at radius 1 is 1.05 bits per heavy atom. The van der Waals surface area contributed by atoms with Crippen molar-refractivity contribution in [2.75, 3.05) is 40.4 Å². The molecule has 0 amide bonds. The highest BCUT2D eigenvalue weighted by Gasteiger charge is 2.31. The van der Waals surface area contributed by atoms with Gasteiger partial charge in [-0.25, -0.2) is 0 Å². The first-order chi connectivity index (χ1) is 9.29. The summed E-state index contributed by atoms with van der Waals surface area (Å²) >= 11 is 0. The lowest BCUT2D eigenvalue weighted by Crippen LogP contribution is -2.41. The van der Waals surface area contributed by atoms with E-state index in [1.807, 2.05) is 0 Å². The molecule has 2 fully saturated rings. The van der Waals surface area contributed by atoms with Crippen LogP contribution in [0.4, 0.5) is 0 Å². The molecule has 0 saturated heterocycles. The van der Waals surface area contributed by atoms with Gasteiger partial charge in [0.05, 0.1) is 6.61 Å². The number of methoxy groups -OCH3 is 1. The molecule has 2 aliphatic carbocycles. The van der Waals surface area contributed by atoms with Crippen molar-refractivity contribution in [3.8, 4) is 0 Å². The van der Waals surface area contributed by atoms with Crippen molar-refractivity contribution in [2.24, 2.45) is 11.8 Å². The van der Waals surface area contributed by atoms with E-state index < -0.39 is 0 Å². The lowest BCUT2D eigenvalue weighted by atomic mass is 9.69. The van der Waals surface area contributed by atoms with Gasteiger partial charge in [-0.1, -0.05) is 25.7 Å². The second kappa shape index (κ2) is 8.23. The van der Waals surface area contributed by atoms with E-state index in [1.165, 1.54) is 44.9 Å². The Kier molecular flexibility index (Phi) is 6.62. The van der Waals surface area contributed by atoms with Crippen LogP contribution in [0.5, 0.6) is 0 Å². The van der Waals surface area contributed by atoms with Crippen molar-refractivity contribution in [3.63, 3.8) is 0 Å². The largest absolute Gasteiger partial charge is 0.383 e. The predicted octanol–water partition coefficient (Wildman–Crippen LogP) is 2.51. The van der Waals surface area contributed by atoms with E-state index in [1.54, 1.807) is 7.11 Å². The van der Waals surface area contributed by atoms with Crippen molar-refractivity contribution in [3.05, 3.63) is 0 Å². The fraction of sp³-hybridized carbons (Fsp3) is 1.00. The van der Waals surface area contributed by atoms with Gasteiger partial charge in [-0.3, -0.25) is 0 Å². The van der Waals surface area contributed by atoms with Crippen LogP contribution in [0.3, 0.4) is 0 Å². The van der Waals surface area contributed by atoms with Gasteiger partial charge in [-0.2, -0.15) is 0 Å². The van der Waals surface area contributed by atoms with E-state index in [0.717, 1.165) is 44.1 Å².